The number of hydrogen-bond acceptors (Lipinski definition) is 2. The summed E-state index contributed by atoms with van der Waals surface area (Å²) >= 11 is 3.34. The number of furan rings is 1. The van der Waals surface area contributed by atoms with Gasteiger partial charge in [-0.15, -0.1) is 0 Å². The van der Waals surface area contributed by atoms with E-state index in [-0.39, 0.29) is 0 Å². The molecule has 0 spiro atoms. The molecule has 1 aromatic heterocycles. The third-order valence-electron chi connectivity index (χ3n) is 2.91. The van der Waals surface area contributed by atoms with Crippen LogP contribution in [0, 0.1) is 0 Å². The van der Waals surface area contributed by atoms with Crippen molar-refractivity contribution in [3.8, 4) is 17.1 Å². The summed E-state index contributed by atoms with van der Waals surface area (Å²) in [6, 6.07) is 18.0. The Morgan fingerprint density at radius 3 is 2.53 bits per heavy atom. The van der Waals surface area contributed by atoms with Crippen molar-refractivity contribution < 1.29 is 9.15 Å². The number of ether oxygens (including phenoxy) is 1. The van der Waals surface area contributed by atoms with Gasteiger partial charge in [-0.3, -0.25) is 0 Å². The van der Waals surface area contributed by atoms with Crippen molar-refractivity contribution in [3.05, 3.63) is 54.6 Å². The van der Waals surface area contributed by atoms with E-state index in [9.17, 15) is 0 Å². The molecule has 96 valence electrons. The lowest BCUT2D eigenvalue weighted by atomic mass is 10.1. The van der Waals surface area contributed by atoms with Gasteiger partial charge < -0.3 is 9.15 Å². The summed E-state index contributed by atoms with van der Waals surface area (Å²) < 4.78 is 11.4. The maximum atomic E-state index is 5.83. The van der Waals surface area contributed by atoms with Gasteiger partial charge in [0.05, 0.1) is 6.61 Å². The van der Waals surface area contributed by atoms with Crippen LogP contribution >= 0.6 is 15.9 Å². The van der Waals surface area contributed by atoms with Gasteiger partial charge in [0.15, 0.2) is 0 Å². The molecule has 3 aromatic rings. The van der Waals surface area contributed by atoms with E-state index in [0.717, 1.165) is 33.4 Å². The Bertz CT molecular complexity index is 638. The fraction of sp³-hybridized carbons (Fsp3) is 0.125. The Hall–Kier alpha value is -1.74. The van der Waals surface area contributed by atoms with E-state index in [1.165, 1.54) is 0 Å². The van der Waals surface area contributed by atoms with E-state index in [1.54, 1.807) is 0 Å². The molecule has 3 heteroatoms. The van der Waals surface area contributed by atoms with Crippen molar-refractivity contribution in [2.45, 2.75) is 0 Å². The molecule has 0 radical (unpaired) electrons. The molecule has 0 unspecified atom stereocenters. The average molecular weight is 317 g/mol. The summed E-state index contributed by atoms with van der Waals surface area (Å²) in [5, 5.41) is 1.95. The maximum absolute atomic E-state index is 5.83. The first-order valence-electron chi connectivity index (χ1n) is 6.14. The number of alkyl halides is 1. The van der Waals surface area contributed by atoms with Crippen molar-refractivity contribution in [1.29, 1.82) is 0 Å². The van der Waals surface area contributed by atoms with Crippen LogP contribution in [0.1, 0.15) is 0 Å². The van der Waals surface area contributed by atoms with Crippen LogP contribution in [0.2, 0.25) is 0 Å². The summed E-state index contributed by atoms with van der Waals surface area (Å²) in [5.74, 6) is 1.76. The van der Waals surface area contributed by atoms with Gasteiger partial charge in [-0.2, -0.15) is 0 Å². The Kier molecular flexibility index (Phi) is 3.56. The van der Waals surface area contributed by atoms with Gasteiger partial charge in [-0.05, 0) is 36.4 Å². The van der Waals surface area contributed by atoms with Crippen LogP contribution in [0.25, 0.3) is 22.3 Å². The van der Waals surface area contributed by atoms with Crippen molar-refractivity contribution >= 4 is 26.9 Å². The minimum Gasteiger partial charge on any atom is -0.493 e. The molecule has 0 bridgehead atoms. The Labute approximate surface area is 120 Å². The smallest absolute Gasteiger partial charge is 0.135 e. The predicted molar refractivity (Wildman–Crippen MR) is 80.9 cm³/mol. The highest BCUT2D eigenvalue weighted by molar-refractivity contribution is 9.09. The van der Waals surface area contributed by atoms with Gasteiger partial charge in [0, 0.05) is 16.3 Å². The van der Waals surface area contributed by atoms with Crippen molar-refractivity contribution in [3.63, 3.8) is 0 Å². The van der Waals surface area contributed by atoms with Crippen molar-refractivity contribution in [2.24, 2.45) is 0 Å². The van der Waals surface area contributed by atoms with E-state index >= 15 is 0 Å². The van der Waals surface area contributed by atoms with E-state index in [4.69, 9.17) is 9.15 Å². The summed E-state index contributed by atoms with van der Waals surface area (Å²) in [4.78, 5) is 0. The van der Waals surface area contributed by atoms with Crippen LogP contribution in [0.15, 0.2) is 59.0 Å². The SMILES string of the molecule is BrCCOc1ccc(-c2cc3ccccc3o2)cc1. The quantitative estimate of drug-likeness (QED) is 0.640. The van der Waals surface area contributed by atoms with Gasteiger partial charge in [-0.25, -0.2) is 0 Å². The number of hydrogen-bond donors (Lipinski definition) is 0. The fourth-order valence-electron chi connectivity index (χ4n) is 2.00. The third kappa shape index (κ3) is 2.66. The van der Waals surface area contributed by atoms with Crippen LogP contribution in [0.4, 0.5) is 0 Å². The molecule has 3 rings (SSSR count). The summed E-state index contributed by atoms with van der Waals surface area (Å²) in [6.07, 6.45) is 0. The van der Waals surface area contributed by atoms with Gasteiger partial charge in [0.1, 0.15) is 17.1 Å². The molecule has 0 fully saturated rings. The molecule has 0 aliphatic heterocycles. The van der Waals surface area contributed by atoms with E-state index in [1.807, 2.05) is 42.5 Å². The number of halogens is 1. The summed E-state index contributed by atoms with van der Waals surface area (Å²) in [6.45, 7) is 0.671. The van der Waals surface area contributed by atoms with E-state index in [0.29, 0.717) is 6.61 Å². The minimum atomic E-state index is 0.671. The topological polar surface area (TPSA) is 22.4 Å². The molecule has 0 atom stereocenters. The highest BCUT2D eigenvalue weighted by atomic mass is 79.9. The molecule has 2 aromatic carbocycles. The second-order valence-corrected chi connectivity index (χ2v) is 5.00. The first kappa shape index (κ1) is 12.3. The Morgan fingerprint density at radius 2 is 1.79 bits per heavy atom. The number of rotatable bonds is 4. The Morgan fingerprint density at radius 1 is 1.00 bits per heavy atom. The van der Waals surface area contributed by atoms with Crippen LogP contribution in [0.5, 0.6) is 5.75 Å². The second kappa shape index (κ2) is 5.49. The number of para-hydroxylation sites is 1. The summed E-state index contributed by atoms with van der Waals surface area (Å²) in [5.41, 5.74) is 1.97. The highest BCUT2D eigenvalue weighted by Crippen LogP contribution is 2.28. The monoisotopic (exact) mass is 316 g/mol. The molecule has 0 saturated heterocycles. The fourth-order valence-corrected chi connectivity index (χ4v) is 2.16. The molecule has 0 saturated carbocycles. The molecule has 2 nitrogen and oxygen atoms in total. The first-order chi connectivity index (χ1) is 9.36. The first-order valence-corrected chi connectivity index (χ1v) is 7.27. The zero-order valence-electron chi connectivity index (χ0n) is 10.3. The van der Waals surface area contributed by atoms with Crippen LogP contribution in [-0.2, 0) is 0 Å². The second-order valence-electron chi connectivity index (χ2n) is 4.21. The number of benzene rings is 2. The van der Waals surface area contributed by atoms with Crippen LogP contribution < -0.4 is 4.74 Å². The van der Waals surface area contributed by atoms with E-state index < -0.39 is 0 Å². The molecule has 0 amide bonds. The molecule has 0 aliphatic rings. The molecular weight excluding hydrogens is 304 g/mol. The standard InChI is InChI=1S/C16H13BrO2/c17-9-10-18-14-7-5-12(6-8-14)16-11-13-3-1-2-4-15(13)19-16/h1-8,11H,9-10H2. The lowest BCUT2D eigenvalue weighted by Crippen LogP contribution is -1.97. The minimum absolute atomic E-state index is 0.671. The lowest BCUT2D eigenvalue weighted by Gasteiger charge is -2.04. The third-order valence-corrected chi connectivity index (χ3v) is 3.23. The Balaban J connectivity index is 1.88. The molecule has 1 heterocycles. The van der Waals surface area contributed by atoms with Gasteiger partial charge in [0.2, 0.25) is 0 Å². The average Bonchev–Trinajstić information content (AvgIpc) is 2.89. The van der Waals surface area contributed by atoms with Crippen LogP contribution in [-0.4, -0.2) is 11.9 Å². The molecular formula is C16H13BrO2. The number of fused-ring (bicyclic) bond motifs is 1. The molecule has 19 heavy (non-hydrogen) atoms. The van der Waals surface area contributed by atoms with Gasteiger partial charge in [-0.1, -0.05) is 34.1 Å². The normalized spacial score (nSPS) is 10.8. The molecule has 0 aliphatic carbocycles. The zero-order chi connectivity index (χ0) is 13.1. The zero-order valence-corrected chi connectivity index (χ0v) is 11.9. The maximum Gasteiger partial charge on any atom is 0.135 e. The van der Waals surface area contributed by atoms with Gasteiger partial charge >= 0.3 is 0 Å². The van der Waals surface area contributed by atoms with Crippen molar-refractivity contribution in [2.75, 3.05) is 11.9 Å². The lowest BCUT2D eigenvalue weighted by molar-refractivity contribution is 0.345. The van der Waals surface area contributed by atoms with Crippen LogP contribution in [0.3, 0.4) is 0 Å². The van der Waals surface area contributed by atoms with Crippen molar-refractivity contribution in [1.82, 2.24) is 0 Å². The predicted octanol–water partition coefficient (Wildman–Crippen LogP) is 4.87. The summed E-state index contributed by atoms with van der Waals surface area (Å²) in [7, 11) is 0. The van der Waals surface area contributed by atoms with Gasteiger partial charge in [0.25, 0.3) is 0 Å². The highest BCUT2D eigenvalue weighted by Gasteiger charge is 2.05. The largest absolute Gasteiger partial charge is 0.493 e. The molecule has 0 N–H and O–H groups in total. The van der Waals surface area contributed by atoms with E-state index in [2.05, 4.69) is 28.1 Å².